The third kappa shape index (κ3) is 4.77. The van der Waals surface area contributed by atoms with Crippen molar-refractivity contribution < 1.29 is 4.79 Å². The highest BCUT2D eigenvalue weighted by Crippen LogP contribution is 2.28. The molecule has 0 N–H and O–H groups in total. The molecule has 0 unspecified atom stereocenters. The molecule has 0 radical (unpaired) electrons. The standard InChI is InChI=1S/C15H19BrOS/c16-13-8-6-12(7-9-13)10-14(17)11-18-15-4-2-1-3-5-15/h6-9,15H,1-5,10-11H2. The molecule has 0 atom stereocenters. The molecule has 0 aliphatic heterocycles. The number of carbonyl (C=O) groups is 1. The van der Waals surface area contributed by atoms with Crippen LogP contribution in [0.2, 0.25) is 0 Å². The van der Waals surface area contributed by atoms with Gasteiger partial charge < -0.3 is 0 Å². The van der Waals surface area contributed by atoms with E-state index in [0.717, 1.165) is 15.3 Å². The average molecular weight is 327 g/mol. The molecule has 1 aliphatic carbocycles. The summed E-state index contributed by atoms with van der Waals surface area (Å²) in [6.45, 7) is 0. The molecule has 1 saturated carbocycles. The van der Waals surface area contributed by atoms with Crippen LogP contribution in [-0.4, -0.2) is 16.8 Å². The van der Waals surface area contributed by atoms with E-state index < -0.39 is 0 Å². The van der Waals surface area contributed by atoms with Crippen LogP contribution in [0.4, 0.5) is 0 Å². The number of rotatable bonds is 5. The molecule has 1 aromatic carbocycles. The zero-order valence-electron chi connectivity index (χ0n) is 10.5. The maximum absolute atomic E-state index is 11.9. The minimum absolute atomic E-state index is 0.355. The van der Waals surface area contributed by atoms with Crippen LogP contribution in [0.5, 0.6) is 0 Å². The fourth-order valence-corrected chi connectivity index (χ4v) is 3.78. The predicted octanol–water partition coefficient (Wildman–Crippen LogP) is 4.63. The van der Waals surface area contributed by atoms with E-state index in [2.05, 4.69) is 15.9 Å². The van der Waals surface area contributed by atoms with Crippen LogP contribution in [0.3, 0.4) is 0 Å². The molecule has 3 heteroatoms. The second-order valence-electron chi connectivity index (χ2n) is 4.91. The Kier molecular flexibility index (Phi) is 5.77. The minimum Gasteiger partial charge on any atom is -0.298 e. The van der Waals surface area contributed by atoms with Gasteiger partial charge in [0.15, 0.2) is 0 Å². The monoisotopic (exact) mass is 326 g/mol. The second-order valence-corrected chi connectivity index (χ2v) is 7.12. The Labute approximate surface area is 122 Å². The Morgan fingerprint density at radius 2 is 1.83 bits per heavy atom. The summed E-state index contributed by atoms with van der Waals surface area (Å²) in [6, 6.07) is 8.04. The van der Waals surface area contributed by atoms with Crippen molar-refractivity contribution in [2.75, 3.05) is 5.75 Å². The molecule has 2 rings (SSSR count). The van der Waals surface area contributed by atoms with E-state index in [9.17, 15) is 4.79 Å². The molecule has 0 bridgehead atoms. The lowest BCUT2D eigenvalue weighted by Crippen LogP contribution is -2.13. The van der Waals surface area contributed by atoms with Gasteiger partial charge in [-0.15, -0.1) is 0 Å². The minimum atomic E-state index is 0.355. The molecule has 1 nitrogen and oxygen atoms in total. The van der Waals surface area contributed by atoms with Gasteiger partial charge in [0.05, 0.1) is 5.75 Å². The zero-order valence-corrected chi connectivity index (χ0v) is 12.9. The predicted molar refractivity (Wildman–Crippen MR) is 82.2 cm³/mol. The first-order chi connectivity index (χ1) is 8.74. The molecule has 0 spiro atoms. The van der Waals surface area contributed by atoms with E-state index in [1.165, 1.54) is 32.1 Å². The summed E-state index contributed by atoms with van der Waals surface area (Å²) in [5.41, 5.74) is 1.12. The maximum Gasteiger partial charge on any atom is 0.147 e. The van der Waals surface area contributed by atoms with Gasteiger partial charge in [-0.25, -0.2) is 0 Å². The molecule has 0 amide bonds. The van der Waals surface area contributed by atoms with Crippen LogP contribution in [-0.2, 0) is 11.2 Å². The molecule has 0 saturated heterocycles. The molecule has 1 fully saturated rings. The van der Waals surface area contributed by atoms with Gasteiger partial charge in [0.25, 0.3) is 0 Å². The fourth-order valence-electron chi connectivity index (χ4n) is 2.32. The summed E-state index contributed by atoms with van der Waals surface area (Å²) in [6.07, 6.45) is 7.25. The van der Waals surface area contributed by atoms with Crippen LogP contribution in [0.25, 0.3) is 0 Å². The maximum atomic E-state index is 11.9. The number of thioether (sulfide) groups is 1. The van der Waals surface area contributed by atoms with Crippen molar-refractivity contribution in [3.8, 4) is 0 Å². The Balaban J connectivity index is 1.73. The summed E-state index contributed by atoms with van der Waals surface area (Å²) in [5.74, 6) is 1.04. The number of ketones is 1. The molecule has 1 aromatic rings. The second kappa shape index (κ2) is 7.34. The van der Waals surface area contributed by atoms with Crippen molar-refractivity contribution in [3.05, 3.63) is 34.3 Å². The molecule has 1 aliphatic rings. The van der Waals surface area contributed by atoms with Crippen LogP contribution >= 0.6 is 27.7 Å². The van der Waals surface area contributed by atoms with E-state index in [4.69, 9.17) is 0 Å². The van der Waals surface area contributed by atoms with Gasteiger partial charge in [0.1, 0.15) is 5.78 Å². The van der Waals surface area contributed by atoms with E-state index in [1.54, 1.807) is 0 Å². The van der Waals surface area contributed by atoms with E-state index in [-0.39, 0.29) is 0 Å². The molecule has 0 heterocycles. The van der Waals surface area contributed by atoms with E-state index >= 15 is 0 Å². The first kappa shape index (κ1) is 14.1. The lowest BCUT2D eigenvalue weighted by atomic mass is 10.0. The van der Waals surface area contributed by atoms with Crippen LogP contribution in [0.1, 0.15) is 37.7 Å². The third-order valence-corrected chi connectivity index (χ3v) is 5.31. The Bertz CT molecular complexity index is 382. The fraction of sp³-hybridized carbons (Fsp3) is 0.533. The first-order valence-corrected chi connectivity index (χ1v) is 8.46. The van der Waals surface area contributed by atoms with Crippen molar-refractivity contribution in [2.45, 2.75) is 43.8 Å². The lowest BCUT2D eigenvalue weighted by molar-refractivity contribution is -0.116. The normalized spacial score (nSPS) is 16.7. The van der Waals surface area contributed by atoms with Crippen molar-refractivity contribution >= 4 is 33.5 Å². The summed E-state index contributed by atoms with van der Waals surface area (Å²) < 4.78 is 1.07. The Hall–Kier alpha value is -0.280. The quantitative estimate of drug-likeness (QED) is 0.784. The summed E-state index contributed by atoms with van der Waals surface area (Å²) in [4.78, 5) is 11.9. The number of Topliss-reactive ketones (excluding diaryl/α,β-unsaturated/α-hetero) is 1. The molecule has 98 valence electrons. The smallest absolute Gasteiger partial charge is 0.147 e. The van der Waals surface area contributed by atoms with Gasteiger partial charge in [-0.2, -0.15) is 11.8 Å². The lowest BCUT2D eigenvalue weighted by Gasteiger charge is -2.20. The third-order valence-electron chi connectivity index (χ3n) is 3.35. The Morgan fingerprint density at radius 3 is 2.50 bits per heavy atom. The highest BCUT2D eigenvalue weighted by Gasteiger charge is 2.15. The number of hydrogen-bond acceptors (Lipinski definition) is 2. The van der Waals surface area contributed by atoms with Crippen molar-refractivity contribution in [1.82, 2.24) is 0 Å². The van der Waals surface area contributed by atoms with Crippen molar-refractivity contribution in [1.29, 1.82) is 0 Å². The van der Waals surface area contributed by atoms with Gasteiger partial charge in [-0.3, -0.25) is 4.79 Å². The summed E-state index contributed by atoms with van der Waals surface area (Å²) in [7, 11) is 0. The zero-order chi connectivity index (χ0) is 12.8. The van der Waals surface area contributed by atoms with Gasteiger partial charge in [-0.1, -0.05) is 47.3 Å². The summed E-state index contributed by atoms with van der Waals surface area (Å²) >= 11 is 5.27. The van der Waals surface area contributed by atoms with Crippen LogP contribution in [0.15, 0.2) is 28.7 Å². The number of halogens is 1. The number of carbonyl (C=O) groups excluding carboxylic acids is 1. The van der Waals surface area contributed by atoms with Gasteiger partial charge in [0, 0.05) is 16.1 Å². The van der Waals surface area contributed by atoms with Crippen molar-refractivity contribution in [2.24, 2.45) is 0 Å². The topological polar surface area (TPSA) is 17.1 Å². The van der Waals surface area contributed by atoms with Crippen LogP contribution in [0, 0.1) is 0 Å². The van der Waals surface area contributed by atoms with E-state index in [1.807, 2.05) is 36.0 Å². The molecule has 0 aromatic heterocycles. The molecular weight excluding hydrogens is 308 g/mol. The first-order valence-electron chi connectivity index (χ1n) is 6.62. The van der Waals surface area contributed by atoms with Gasteiger partial charge in [0.2, 0.25) is 0 Å². The number of benzene rings is 1. The highest BCUT2D eigenvalue weighted by molar-refractivity contribution is 9.10. The summed E-state index contributed by atoms with van der Waals surface area (Å²) in [5, 5.41) is 0.729. The Morgan fingerprint density at radius 1 is 1.17 bits per heavy atom. The SMILES string of the molecule is O=C(CSC1CCCCC1)Cc1ccc(Br)cc1. The average Bonchev–Trinajstić information content (AvgIpc) is 2.40. The van der Waals surface area contributed by atoms with E-state index in [0.29, 0.717) is 18.0 Å². The van der Waals surface area contributed by atoms with Gasteiger partial charge in [-0.05, 0) is 30.5 Å². The van der Waals surface area contributed by atoms with Crippen molar-refractivity contribution in [3.63, 3.8) is 0 Å². The molecular formula is C15H19BrOS. The highest BCUT2D eigenvalue weighted by atomic mass is 79.9. The van der Waals surface area contributed by atoms with Gasteiger partial charge >= 0.3 is 0 Å². The number of hydrogen-bond donors (Lipinski definition) is 0. The molecule has 18 heavy (non-hydrogen) atoms. The largest absolute Gasteiger partial charge is 0.298 e. The van der Waals surface area contributed by atoms with Crippen LogP contribution < -0.4 is 0 Å².